The van der Waals surface area contributed by atoms with E-state index in [1.807, 2.05) is 24.3 Å². The van der Waals surface area contributed by atoms with Crippen molar-refractivity contribution in [3.8, 4) is 27.4 Å². The summed E-state index contributed by atoms with van der Waals surface area (Å²) in [5, 5.41) is 11.1. The van der Waals surface area contributed by atoms with Crippen molar-refractivity contribution in [1.29, 1.82) is 0 Å². The van der Waals surface area contributed by atoms with Crippen LogP contribution in [0.25, 0.3) is 32.7 Å². The number of benzene rings is 1. The van der Waals surface area contributed by atoms with Crippen molar-refractivity contribution in [2.75, 3.05) is 6.61 Å². The molecular formula is C22H21N3O5S. The van der Waals surface area contributed by atoms with Crippen molar-refractivity contribution in [3.05, 3.63) is 61.1 Å². The minimum atomic E-state index is -0.642. The molecule has 3 aromatic heterocycles. The van der Waals surface area contributed by atoms with Crippen LogP contribution in [0.3, 0.4) is 0 Å². The number of H-pyrrole nitrogens is 3. The number of esters is 1. The first-order valence-corrected chi connectivity index (χ1v) is 10.6. The van der Waals surface area contributed by atoms with Crippen LogP contribution in [0, 0.1) is 6.92 Å². The quantitative estimate of drug-likeness (QED) is 0.353. The zero-order valence-electron chi connectivity index (χ0n) is 17.2. The second-order valence-corrected chi connectivity index (χ2v) is 8.24. The first kappa shape index (κ1) is 20.7. The molecule has 1 aromatic carbocycles. The molecular weight excluding hydrogens is 418 g/mol. The van der Waals surface area contributed by atoms with E-state index in [0.29, 0.717) is 21.0 Å². The van der Waals surface area contributed by atoms with E-state index in [0.717, 1.165) is 17.5 Å². The van der Waals surface area contributed by atoms with Crippen LogP contribution >= 0.6 is 11.3 Å². The topological polar surface area (TPSA) is 128 Å². The molecule has 31 heavy (non-hydrogen) atoms. The molecule has 9 heteroatoms. The summed E-state index contributed by atoms with van der Waals surface area (Å²) in [6.07, 6.45) is 0.876. The highest BCUT2D eigenvalue weighted by Gasteiger charge is 2.28. The minimum absolute atomic E-state index is 0.0735. The zero-order chi connectivity index (χ0) is 22.3. The Balaban J connectivity index is 2.05. The molecule has 0 aliphatic rings. The number of aromatic amines is 3. The van der Waals surface area contributed by atoms with Gasteiger partial charge < -0.3 is 14.8 Å². The summed E-state index contributed by atoms with van der Waals surface area (Å²) in [7, 11) is 0. The van der Waals surface area contributed by atoms with Gasteiger partial charge in [0.25, 0.3) is 5.56 Å². The summed E-state index contributed by atoms with van der Waals surface area (Å²) in [6.45, 7) is 5.62. The molecule has 0 radical (unpaired) electrons. The van der Waals surface area contributed by atoms with E-state index >= 15 is 0 Å². The van der Waals surface area contributed by atoms with Crippen LogP contribution in [0.15, 0.2) is 33.9 Å². The largest absolute Gasteiger partial charge is 0.505 e. The van der Waals surface area contributed by atoms with Crippen molar-refractivity contribution >= 4 is 28.3 Å². The summed E-state index contributed by atoms with van der Waals surface area (Å²) in [4.78, 5) is 45.8. The van der Waals surface area contributed by atoms with E-state index in [9.17, 15) is 19.5 Å². The van der Waals surface area contributed by atoms with Crippen LogP contribution < -0.4 is 11.2 Å². The van der Waals surface area contributed by atoms with Crippen LogP contribution in [0.5, 0.6) is 5.75 Å². The average Bonchev–Trinajstić information content (AvgIpc) is 3.25. The van der Waals surface area contributed by atoms with Crippen LogP contribution in [-0.4, -0.2) is 32.6 Å². The smallest absolute Gasteiger partial charge is 0.343 e. The highest BCUT2D eigenvalue weighted by atomic mass is 32.1. The molecule has 0 saturated carbocycles. The number of rotatable bonds is 5. The van der Waals surface area contributed by atoms with Crippen LogP contribution in [0.2, 0.25) is 0 Å². The first-order valence-electron chi connectivity index (χ1n) is 9.83. The van der Waals surface area contributed by atoms with E-state index < -0.39 is 17.2 Å². The lowest BCUT2D eigenvalue weighted by Crippen LogP contribution is -2.21. The number of nitrogens with one attached hydrogen (secondary N) is 3. The maximum Gasteiger partial charge on any atom is 0.343 e. The molecule has 0 amide bonds. The fraction of sp³-hybridized carbons (Fsp3) is 0.227. The molecule has 0 bridgehead atoms. The zero-order valence-corrected chi connectivity index (χ0v) is 18.0. The molecule has 8 nitrogen and oxygen atoms in total. The van der Waals surface area contributed by atoms with Gasteiger partial charge >= 0.3 is 11.7 Å². The van der Waals surface area contributed by atoms with Crippen molar-refractivity contribution < 1.29 is 14.6 Å². The molecule has 4 rings (SSSR count). The maximum atomic E-state index is 12.7. The fourth-order valence-electron chi connectivity index (χ4n) is 3.63. The summed E-state index contributed by atoms with van der Waals surface area (Å²) in [6, 6.07) is 7.76. The Bertz CT molecular complexity index is 1410. The Morgan fingerprint density at radius 1 is 1.10 bits per heavy atom. The number of carbonyl (C=O) groups excluding carboxylic acids is 1. The second kappa shape index (κ2) is 7.92. The first-order chi connectivity index (χ1) is 14.8. The molecule has 4 N–H and O–H groups in total. The molecule has 0 fully saturated rings. The third-order valence-electron chi connectivity index (χ3n) is 5.11. The maximum absolute atomic E-state index is 12.7. The molecule has 3 heterocycles. The highest BCUT2D eigenvalue weighted by molar-refractivity contribution is 7.16. The predicted molar refractivity (Wildman–Crippen MR) is 120 cm³/mol. The minimum Gasteiger partial charge on any atom is -0.505 e. The molecule has 4 aromatic rings. The van der Waals surface area contributed by atoms with Crippen LogP contribution in [0.4, 0.5) is 0 Å². The van der Waals surface area contributed by atoms with E-state index in [2.05, 4.69) is 21.9 Å². The van der Waals surface area contributed by atoms with Gasteiger partial charge in [0, 0.05) is 10.4 Å². The van der Waals surface area contributed by atoms with Gasteiger partial charge in [-0.25, -0.2) is 9.59 Å². The Hall–Kier alpha value is -3.59. The third kappa shape index (κ3) is 3.46. The summed E-state index contributed by atoms with van der Waals surface area (Å²) < 4.78 is 5.07. The van der Waals surface area contributed by atoms with Gasteiger partial charge in [0.15, 0.2) is 0 Å². The number of aromatic nitrogens is 3. The standard InChI is InChI=1S/C22H21N3O5S/c1-4-11-6-8-12(9-7-11)16-14(15-19(23-16)24-22(29)25-20(15)27)18-17(26)13(10(3)31-18)21(28)30-5-2/h6-9,26H,4-5H2,1-3H3,(H3,23,24,25,27,29). The lowest BCUT2D eigenvalue weighted by Gasteiger charge is -2.06. The van der Waals surface area contributed by atoms with Crippen LogP contribution in [-0.2, 0) is 11.2 Å². The number of aryl methyl sites for hydroxylation is 2. The number of aromatic hydroxyl groups is 1. The number of fused-ring (bicyclic) bond motifs is 1. The van der Waals surface area contributed by atoms with Gasteiger partial charge in [0.2, 0.25) is 0 Å². The Morgan fingerprint density at radius 2 is 1.81 bits per heavy atom. The van der Waals surface area contributed by atoms with Gasteiger partial charge in [-0.05, 0) is 31.4 Å². The lowest BCUT2D eigenvalue weighted by molar-refractivity contribution is 0.0523. The van der Waals surface area contributed by atoms with Gasteiger partial charge in [-0.1, -0.05) is 31.2 Å². The molecule has 0 spiro atoms. The molecule has 0 unspecified atom stereocenters. The SMILES string of the molecule is CCOC(=O)c1c(C)sc(-c2c(-c3ccc(CC)cc3)[nH]c3[nH]c(=O)[nH]c(=O)c23)c1O. The Kier molecular flexibility index (Phi) is 5.28. The molecule has 0 saturated heterocycles. The van der Waals surface area contributed by atoms with Crippen molar-refractivity contribution in [3.63, 3.8) is 0 Å². The van der Waals surface area contributed by atoms with E-state index in [1.165, 1.54) is 11.3 Å². The van der Waals surface area contributed by atoms with Crippen molar-refractivity contribution in [2.24, 2.45) is 0 Å². The normalized spacial score (nSPS) is 11.2. The van der Waals surface area contributed by atoms with Gasteiger partial charge in [-0.15, -0.1) is 11.3 Å². The number of carbonyl (C=O) groups is 1. The monoisotopic (exact) mass is 439 g/mol. The van der Waals surface area contributed by atoms with Gasteiger partial charge in [-0.3, -0.25) is 14.8 Å². The third-order valence-corrected chi connectivity index (χ3v) is 6.22. The van der Waals surface area contributed by atoms with E-state index in [-0.39, 0.29) is 29.0 Å². The lowest BCUT2D eigenvalue weighted by atomic mass is 10.0. The second-order valence-electron chi connectivity index (χ2n) is 7.02. The van der Waals surface area contributed by atoms with Crippen molar-refractivity contribution in [1.82, 2.24) is 15.0 Å². The van der Waals surface area contributed by atoms with E-state index in [1.54, 1.807) is 13.8 Å². The molecule has 0 aliphatic carbocycles. The van der Waals surface area contributed by atoms with Crippen molar-refractivity contribution in [2.45, 2.75) is 27.2 Å². The number of thiophene rings is 1. The summed E-state index contributed by atoms with van der Waals surface area (Å²) >= 11 is 1.18. The van der Waals surface area contributed by atoms with Crippen LogP contribution in [0.1, 0.15) is 34.6 Å². The summed E-state index contributed by atoms with van der Waals surface area (Å²) in [5.41, 5.74) is 1.96. The molecule has 0 aliphatic heterocycles. The molecule has 160 valence electrons. The predicted octanol–water partition coefficient (Wildman–Crippen LogP) is 3.69. The number of ether oxygens (including phenoxy) is 1. The average molecular weight is 439 g/mol. The number of hydrogen-bond donors (Lipinski definition) is 4. The van der Waals surface area contributed by atoms with Gasteiger partial charge in [-0.2, -0.15) is 0 Å². The highest BCUT2D eigenvalue weighted by Crippen LogP contribution is 2.47. The van der Waals surface area contributed by atoms with E-state index in [4.69, 9.17) is 4.74 Å². The summed E-state index contributed by atoms with van der Waals surface area (Å²) in [5.74, 6) is -0.880. The Labute approximate surface area is 180 Å². The van der Waals surface area contributed by atoms with Gasteiger partial charge in [0.05, 0.1) is 22.6 Å². The molecule has 0 atom stereocenters. The Morgan fingerprint density at radius 3 is 2.45 bits per heavy atom. The fourth-order valence-corrected chi connectivity index (χ4v) is 4.72. The van der Waals surface area contributed by atoms with Gasteiger partial charge in [0.1, 0.15) is 17.0 Å². The number of hydrogen-bond acceptors (Lipinski definition) is 6.